The first-order chi connectivity index (χ1) is 18.0. The van der Waals surface area contributed by atoms with Crippen LogP contribution in [0.5, 0.6) is 0 Å². The quantitative estimate of drug-likeness (QED) is 0.518. The zero-order valence-electron chi connectivity index (χ0n) is 22.4. The number of benzene rings is 1. The van der Waals surface area contributed by atoms with Gasteiger partial charge in [-0.05, 0) is 57.7 Å². The first-order valence-electron chi connectivity index (χ1n) is 13.9. The molecule has 1 atom stereocenters. The Balaban J connectivity index is 1.11. The largest absolute Gasteiger partial charge is 0.371 e. The zero-order chi connectivity index (χ0) is 25.5. The van der Waals surface area contributed by atoms with Gasteiger partial charge < -0.3 is 19.6 Å². The molecular formula is C28H39N7OS. The van der Waals surface area contributed by atoms with Crippen LogP contribution in [0.4, 0.5) is 10.8 Å². The van der Waals surface area contributed by atoms with Gasteiger partial charge in [0, 0.05) is 69.5 Å². The average Bonchev–Trinajstić information content (AvgIpc) is 3.48. The number of imidazole rings is 1. The first kappa shape index (κ1) is 24.7. The van der Waals surface area contributed by atoms with Crippen molar-refractivity contribution in [1.29, 1.82) is 0 Å². The van der Waals surface area contributed by atoms with Crippen LogP contribution < -0.4 is 9.80 Å². The summed E-state index contributed by atoms with van der Waals surface area (Å²) < 4.78 is 2.00. The van der Waals surface area contributed by atoms with Crippen LogP contribution in [0, 0.1) is 18.8 Å². The number of likely N-dealkylation sites (N-methyl/N-ethyl adjacent to an activating group) is 1. The molecule has 8 nitrogen and oxygen atoms in total. The van der Waals surface area contributed by atoms with Gasteiger partial charge in [0.15, 0.2) is 0 Å². The lowest BCUT2D eigenvalue weighted by Gasteiger charge is -2.37. The van der Waals surface area contributed by atoms with Crippen LogP contribution in [0.25, 0.3) is 16.2 Å². The summed E-state index contributed by atoms with van der Waals surface area (Å²) in [5.74, 6) is 1.26. The highest BCUT2D eigenvalue weighted by molar-refractivity contribution is 7.20. The molecule has 9 heteroatoms. The van der Waals surface area contributed by atoms with Gasteiger partial charge >= 0.3 is 0 Å². The number of fused-ring (bicyclic) bond motifs is 1. The Morgan fingerprint density at radius 2 is 1.68 bits per heavy atom. The lowest BCUT2D eigenvalue weighted by Crippen LogP contribution is -2.50. The number of piperidine rings is 2. The van der Waals surface area contributed by atoms with Gasteiger partial charge in [0.1, 0.15) is 0 Å². The van der Waals surface area contributed by atoms with Crippen molar-refractivity contribution in [1.82, 2.24) is 24.4 Å². The summed E-state index contributed by atoms with van der Waals surface area (Å²) in [5.41, 5.74) is 4.55. The number of hydrogen-bond donors (Lipinski definition) is 0. The minimum atomic E-state index is 0.146. The van der Waals surface area contributed by atoms with Gasteiger partial charge in [-0.15, -0.1) is 5.10 Å². The molecule has 3 fully saturated rings. The van der Waals surface area contributed by atoms with E-state index in [1.54, 1.807) is 11.3 Å². The highest BCUT2D eigenvalue weighted by Gasteiger charge is 2.31. The molecule has 0 saturated carbocycles. The summed E-state index contributed by atoms with van der Waals surface area (Å²) in [6, 6.07) is 8.90. The number of amides is 1. The molecule has 0 spiro atoms. The van der Waals surface area contributed by atoms with E-state index < -0.39 is 0 Å². The third-order valence-corrected chi connectivity index (χ3v) is 9.48. The van der Waals surface area contributed by atoms with Crippen molar-refractivity contribution in [2.45, 2.75) is 39.5 Å². The van der Waals surface area contributed by atoms with Crippen LogP contribution in [0.2, 0.25) is 0 Å². The molecular weight excluding hydrogens is 482 g/mol. The number of piperazine rings is 1. The number of carbonyl (C=O) groups is 1. The fourth-order valence-corrected chi connectivity index (χ4v) is 7.10. The molecule has 5 heterocycles. The predicted molar refractivity (Wildman–Crippen MR) is 151 cm³/mol. The van der Waals surface area contributed by atoms with E-state index in [0.717, 1.165) is 98.2 Å². The van der Waals surface area contributed by atoms with Gasteiger partial charge in [0.05, 0.1) is 11.4 Å². The van der Waals surface area contributed by atoms with E-state index in [1.165, 1.54) is 18.5 Å². The van der Waals surface area contributed by atoms with Gasteiger partial charge in [-0.2, -0.15) is 0 Å². The topological polar surface area (TPSA) is 60.2 Å². The summed E-state index contributed by atoms with van der Waals surface area (Å²) in [4.78, 5) is 28.1. The Morgan fingerprint density at radius 3 is 2.35 bits per heavy atom. The molecule has 0 N–H and O–H groups in total. The smallest absolute Gasteiger partial charge is 0.225 e. The van der Waals surface area contributed by atoms with Crippen molar-refractivity contribution in [2.75, 3.05) is 69.2 Å². The van der Waals surface area contributed by atoms with Crippen molar-refractivity contribution in [3.8, 4) is 11.3 Å². The van der Waals surface area contributed by atoms with E-state index in [4.69, 9.17) is 10.1 Å². The number of aromatic nitrogens is 3. The van der Waals surface area contributed by atoms with Crippen LogP contribution in [0.15, 0.2) is 24.3 Å². The SMILES string of the molecule is Cc1c(-c2ccc(N3CCCC(C)C3)cc2)nc2sc(N3CCC(C(=O)N4CCN(C)CC4)CC3)nn12. The van der Waals surface area contributed by atoms with E-state index in [1.807, 2.05) is 4.52 Å². The molecule has 1 amide bonds. The van der Waals surface area contributed by atoms with Crippen LogP contribution >= 0.6 is 11.3 Å². The monoisotopic (exact) mass is 521 g/mol. The number of nitrogens with zero attached hydrogens (tertiary/aromatic N) is 7. The van der Waals surface area contributed by atoms with Crippen molar-refractivity contribution in [3.05, 3.63) is 30.0 Å². The van der Waals surface area contributed by atoms with E-state index >= 15 is 0 Å². The van der Waals surface area contributed by atoms with Crippen LogP contribution in [0.3, 0.4) is 0 Å². The molecule has 198 valence electrons. The lowest BCUT2D eigenvalue weighted by atomic mass is 9.95. The minimum absolute atomic E-state index is 0.146. The molecule has 2 aromatic heterocycles. The number of aryl methyl sites for hydroxylation is 1. The molecule has 0 radical (unpaired) electrons. The van der Waals surface area contributed by atoms with Crippen molar-refractivity contribution < 1.29 is 4.79 Å². The number of anilines is 2. The number of hydrogen-bond acceptors (Lipinski definition) is 7. The summed E-state index contributed by atoms with van der Waals surface area (Å²) in [7, 11) is 2.13. The zero-order valence-corrected chi connectivity index (χ0v) is 23.2. The van der Waals surface area contributed by atoms with Crippen LogP contribution in [-0.2, 0) is 4.79 Å². The second-order valence-electron chi connectivity index (χ2n) is 11.3. The highest BCUT2D eigenvalue weighted by atomic mass is 32.1. The minimum Gasteiger partial charge on any atom is -0.371 e. The maximum absolute atomic E-state index is 13.0. The van der Waals surface area contributed by atoms with E-state index in [-0.39, 0.29) is 5.92 Å². The highest BCUT2D eigenvalue weighted by Crippen LogP contribution is 2.33. The van der Waals surface area contributed by atoms with Gasteiger partial charge in [-0.25, -0.2) is 9.50 Å². The van der Waals surface area contributed by atoms with Crippen molar-refractivity contribution in [3.63, 3.8) is 0 Å². The molecule has 37 heavy (non-hydrogen) atoms. The van der Waals surface area contributed by atoms with Crippen molar-refractivity contribution >= 4 is 33.0 Å². The molecule has 1 unspecified atom stereocenters. The Hall–Kier alpha value is -2.65. The standard InChI is InChI=1S/C28H39N7OS/c1-20-5-4-12-34(19-20)24-8-6-22(7-9-24)25-21(2)35-27(29-25)37-28(30-35)33-13-10-23(11-14-33)26(36)32-17-15-31(3)16-18-32/h6-9,20,23H,4-5,10-19H2,1-3H3. The van der Waals surface area contributed by atoms with Crippen LogP contribution in [0.1, 0.15) is 38.3 Å². The molecule has 3 saturated heterocycles. The normalized spacial score (nSPS) is 22.2. The summed E-state index contributed by atoms with van der Waals surface area (Å²) in [6.45, 7) is 12.2. The maximum Gasteiger partial charge on any atom is 0.225 e. The number of rotatable bonds is 4. The van der Waals surface area contributed by atoms with Crippen LogP contribution in [-0.4, -0.2) is 89.7 Å². The molecule has 1 aromatic carbocycles. The van der Waals surface area contributed by atoms with E-state index in [0.29, 0.717) is 5.91 Å². The molecule has 0 aliphatic carbocycles. The Bertz CT molecular complexity index is 1240. The fraction of sp³-hybridized carbons (Fsp3) is 0.607. The maximum atomic E-state index is 13.0. The Kier molecular flexibility index (Phi) is 6.84. The first-order valence-corrected chi connectivity index (χ1v) is 14.7. The summed E-state index contributed by atoms with van der Waals surface area (Å²) >= 11 is 1.66. The van der Waals surface area contributed by atoms with Gasteiger partial charge in [0.2, 0.25) is 16.0 Å². The molecule has 3 aliphatic rings. The Labute approximate surface area is 223 Å². The fourth-order valence-electron chi connectivity index (χ4n) is 6.10. The average molecular weight is 522 g/mol. The molecule has 3 aliphatic heterocycles. The third kappa shape index (κ3) is 4.95. The second-order valence-corrected chi connectivity index (χ2v) is 12.2. The predicted octanol–water partition coefficient (Wildman–Crippen LogP) is 3.99. The summed E-state index contributed by atoms with van der Waals surface area (Å²) in [5, 5.41) is 5.95. The second kappa shape index (κ2) is 10.3. The van der Waals surface area contributed by atoms with Crippen molar-refractivity contribution in [2.24, 2.45) is 11.8 Å². The van der Waals surface area contributed by atoms with Gasteiger partial charge in [0.25, 0.3) is 0 Å². The number of carbonyl (C=O) groups excluding carboxylic acids is 1. The third-order valence-electron chi connectivity index (χ3n) is 8.51. The van der Waals surface area contributed by atoms with E-state index in [2.05, 4.69) is 64.8 Å². The van der Waals surface area contributed by atoms with Gasteiger partial charge in [-0.1, -0.05) is 30.4 Å². The van der Waals surface area contributed by atoms with E-state index in [9.17, 15) is 4.79 Å². The molecule has 0 bridgehead atoms. The Morgan fingerprint density at radius 1 is 0.946 bits per heavy atom. The lowest BCUT2D eigenvalue weighted by molar-refractivity contribution is -0.137. The van der Waals surface area contributed by atoms with Gasteiger partial charge in [-0.3, -0.25) is 4.79 Å². The summed E-state index contributed by atoms with van der Waals surface area (Å²) in [6.07, 6.45) is 4.41. The molecule has 3 aromatic rings. The molecule has 6 rings (SSSR count).